The predicted octanol–water partition coefficient (Wildman–Crippen LogP) is -2.69. The number of anilines is 1. The third-order valence-electron chi connectivity index (χ3n) is 2.85. The first kappa shape index (κ1) is 20.2. The lowest BCUT2D eigenvalue weighted by molar-refractivity contribution is -0.689. The van der Waals surface area contributed by atoms with Crippen molar-refractivity contribution in [1.82, 2.24) is 9.97 Å². The lowest BCUT2D eigenvalue weighted by Crippen LogP contribution is -3.00. The summed E-state index contributed by atoms with van der Waals surface area (Å²) >= 11 is 1.65. The summed E-state index contributed by atoms with van der Waals surface area (Å²) < 4.78 is 2.11. The SMILES string of the molecule is Cc1ncc(C[n+]2csc(CCO)c2C)c(N)n1.O=CO.[Cl-]. The minimum absolute atomic E-state index is 0. The zero-order chi connectivity index (χ0) is 15.8. The van der Waals surface area contributed by atoms with Crippen molar-refractivity contribution in [2.24, 2.45) is 0 Å². The topological polar surface area (TPSA) is 113 Å². The number of aryl methyl sites for hydroxylation is 1. The Morgan fingerprint density at radius 1 is 1.45 bits per heavy atom. The summed E-state index contributed by atoms with van der Waals surface area (Å²) in [5.41, 5.74) is 10.0. The van der Waals surface area contributed by atoms with Gasteiger partial charge in [-0.15, -0.1) is 0 Å². The second-order valence-electron chi connectivity index (χ2n) is 4.27. The number of nitrogens with zero attached hydrogens (tertiary/aromatic N) is 3. The maximum atomic E-state index is 8.98. The van der Waals surface area contributed by atoms with E-state index in [1.54, 1.807) is 17.5 Å². The monoisotopic (exact) mass is 346 g/mol. The molecule has 0 saturated heterocycles. The molecule has 0 aliphatic heterocycles. The minimum Gasteiger partial charge on any atom is -1.00 e. The summed E-state index contributed by atoms with van der Waals surface area (Å²) in [4.78, 5) is 17.9. The van der Waals surface area contributed by atoms with Gasteiger partial charge in [0.2, 0.25) is 5.51 Å². The molecule has 2 aromatic rings. The number of carboxylic acid groups (broad SMARTS) is 1. The molecule has 2 heterocycles. The van der Waals surface area contributed by atoms with Crippen molar-refractivity contribution in [3.8, 4) is 0 Å². The molecule has 0 radical (unpaired) electrons. The van der Waals surface area contributed by atoms with Crippen LogP contribution in [0.3, 0.4) is 0 Å². The van der Waals surface area contributed by atoms with Gasteiger partial charge >= 0.3 is 0 Å². The van der Waals surface area contributed by atoms with Gasteiger partial charge in [-0.25, -0.2) is 9.97 Å². The smallest absolute Gasteiger partial charge is 0.290 e. The average molecular weight is 347 g/mol. The Kier molecular flexibility index (Phi) is 9.23. The van der Waals surface area contributed by atoms with E-state index in [0.717, 1.165) is 11.3 Å². The normalized spacial score (nSPS) is 9.41. The highest BCUT2D eigenvalue weighted by Gasteiger charge is 2.16. The number of hydrogen-bond donors (Lipinski definition) is 3. The fourth-order valence-corrected chi connectivity index (χ4v) is 2.75. The summed E-state index contributed by atoms with van der Waals surface area (Å²) in [6, 6.07) is 0. The number of aliphatic hydroxyl groups is 1. The number of nitrogen functional groups attached to an aromatic ring is 1. The van der Waals surface area contributed by atoms with Crippen LogP contribution in [0.1, 0.15) is 22.0 Å². The van der Waals surface area contributed by atoms with Crippen molar-refractivity contribution in [2.45, 2.75) is 26.8 Å². The van der Waals surface area contributed by atoms with Gasteiger partial charge in [-0.1, -0.05) is 11.3 Å². The van der Waals surface area contributed by atoms with Crippen LogP contribution in [-0.2, 0) is 17.8 Å². The predicted molar refractivity (Wildman–Crippen MR) is 79.0 cm³/mol. The van der Waals surface area contributed by atoms with Gasteiger partial charge in [0.1, 0.15) is 11.6 Å². The highest BCUT2D eigenvalue weighted by atomic mass is 35.5. The fourth-order valence-electron chi connectivity index (χ4n) is 1.77. The highest BCUT2D eigenvalue weighted by molar-refractivity contribution is 7.09. The summed E-state index contributed by atoms with van der Waals surface area (Å²) in [5.74, 6) is 1.22. The Morgan fingerprint density at radius 2 is 2.09 bits per heavy atom. The highest BCUT2D eigenvalue weighted by Crippen LogP contribution is 2.13. The molecule has 0 aliphatic rings. The van der Waals surface area contributed by atoms with Gasteiger partial charge in [0.05, 0.1) is 10.4 Å². The molecule has 0 unspecified atom stereocenters. The number of thiazole rings is 1. The van der Waals surface area contributed by atoms with E-state index in [2.05, 4.69) is 14.5 Å². The van der Waals surface area contributed by atoms with Gasteiger partial charge in [-0.05, 0) is 6.92 Å². The Morgan fingerprint density at radius 3 is 2.64 bits per heavy atom. The second-order valence-corrected chi connectivity index (χ2v) is 5.21. The lowest BCUT2D eigenvalue weighted by Gasteiger charge is -2.01. The van der Waals surface area contributed by atoms with Crippen molar-refractivity contribution in [3.05, 3.63) is 33.7 Å². The Balaban J connectivity index is 0.00000102. The molecule has 0 fully saturated rings. The molecule has 2 rings (SSSR count). The molecule has 0 bridgehead atoms. The summed E-state index contributed by atoms with van der Waals surface area (Å²) in [6.45, 7) is 4.46. The van der Waals surface area contributed by atoms with Crippen LogP contribution < -0.4 is 22.7 Å². The van der Waals surface area contributed by atoms with Gasteiger partial charge in [-0.3, -0.25) is 4.79 Å². The number of halogens is 1. The average Bonchev–Trinajstić information content (AvgIpc) is 2.76. The number of nitrogens with two attached hydrogens (primary N) is 1. The van der Waals surface area contributed by atoms with E-state index in [4.69, 9.17) is 20.7 Å². The molecule has 122 valence electrons. The zero-order valence-electron chi connectivity index (χ0n) is 12.4. The van der Waals surface area contributed by atoms with Gasteiger partial charge in [0, 0.05) is 26.1 Å². The maximum absolute atomic E-state index is 8.98. The third kappa shape index (κ3) is 5.55. The molecule has 9 heteroatoms. The number of aliphatic hydroxyl groups excluding tert-OH is 1. The van der Waals surface area contributed by atoms with Gasteiger partial charge in [-0.2, -0.15) is 4.57 Å². The Hall–Kier alpha value is -1.77. The molecule has 0 aliphatic carbocycles. The van der Waals surface area contributed by atoms with Gasteiger partial charge in [0.25, 0.3) is 6.47 Å². The van der Waals surface area contributed by atoms with Crippen molar-refractivity contribution >= 4 is 23.6 Å². The van der Waals surface area contributed by atoms with E-state index in [1.807, 2.05) is 19.4 Å². The summed E-state index contributed by atoms with van der Waals surface area (Å²) in [7, 11) is 0. The fraction of sp³-hybridized carbons (Fsp3) is 0.385. The van der Waals surface area contributed by atoms with Crippen molar-refractivity contribution in [3.63, 3.8) is 0 Å². The van der Waals surface area contributed by atoms with Crippen LogP contribution >= 0.6 is 11.3 Å². The molecular formula is C13H19ClN4O3S. The number of hydrogen-bond acceptors (Lipinski definition) is 6. The Labute approximate surface area is 138 Å². The van der Waals surface area contributed by atoms with Crippen LogP contribution in [0.2, 0.25) is 0 Å². The number of aromatic nitrogens is 3. The molecule has 7 nitrogen and oxygen atoms in total. The molecule has 0 saturated carbocycles. The Bertz CT molecular complexity index is 607. The molecule has 0 atom stereocenters. The summed E-state index contributed by atoms with van der Waals surface area (Å²) in [6.07, 6.45) is 2.47. The van der Waals surface area contributed by atoms with E-state index in [9.17, 15) is 0 Å². The van der Waals surface area contributed by atoms with Gasteiger partial charge in [0.15, 0.2) is 12.2 Å². The van der Waals surface area contributed by atoms with Gasteiger partial charge < -0.3 is 28.4 Å². The second kappa shape index (κ2) is 10.0. The minimum atomic E-state index is -0.250. The first-order chi connectivity index (χ1) is 10.0. The first-order valence-electron chi connectivity index (χ1n) is 6.26. The van der Waals surface area contributed by atoms with Crippen molar-refractivity contribution < 1.29 is 32.0 Å². The van der Waals surface area contributed by atoms with E-state index in [0.29, 0.717) is 24.6 Å². The van der Waals surface area contributed by atoms with Crippen LogP contribution in [0.4, 0.5) is 5.82 Å². The molecular weight excluding hydrogens is 328 g/mol. The van der Waals surface area contributed by atoms with E-state index < -0.39 is 0 Å². The molecule has 4 N–H and O–H groups in total. The third-order valence-corrected chi connectivity index (χ3v) is 4.00. The van der Waals surface area contributed by atoms with E-state index in [1.165, 1.54) is 4.88 Å². The summed E-state index contributed by atoms with van der Waals surface area (Å²) in [5, 5.41) is 15.9. The van der Waals surface area contributed by atoms with E-state index in [-0.39, 0.29) is 25.5 Å². The van der Waals surface area contributed by atoms with Crippen LogP contribution in [0, 0.1) is 13.8 Å². The quantitative estimate of drug-likeness (QED) is 0.410. The molecule has 22 heavy (non-hydrogen) atoms. The first-order valence-corrected chi connectivity index (χ1v) is 7.14. The maximum Gasteiger partial charge on any atom is 0.290 e. The van der Waals surface area contributed by atoms with Crippen LogP contribution in [0.15, 0.2) is 11.7 Å². The van der Waals surface area contributed by atoms with Crippen LogP contribution in [0.25, 0.3) is 0 Å². The number of carbonyl (C=O) groups is 1. The molecule has 0 spiro atoms. The number of rotatable bonds is 4. The standard InChI is InChI=1S/C12H17N4OS.CH2O2.ClH/c1-8-11(3-4-17)18-7-16(8)6-10-5-14-9(2)15-12(10)13;2-1-3;/h5,7,17H,3-4,6H2,1-2H3,(H2,13,14,15);1H,(H,2,3);1H/q+1;;/p-1. The van der Waals surface area contributed by atoms with E-state index >= 15 is 0 Å². The molecule has 0 aromatic carbocycles. The lowest BCUT2D eigenvalue weighted by atomic mass is 10.2. The largest absolute Gasteiger partial charge is 1.00 e. The van der Waals surface area contributed by atoms with Crippen LogP contribution in [0.5, 0.6) is 0 Å². The molecule has 2 aromatic heterocycles. The van der Waals surface area contributed by atoms with Crippen molar-refractivity contribution in [1.29, 1.82) is 0 Å². The van der Waals surface area contributed by atoms with Crippen molar-refractivity contribution in [2.75, 3.05) is 12.3 Å². The molecule has 0 amide bonds. The zero-order valence-corrected chi connectivity index (χ0v) is 13.9. The van der Waals surface area contributed by atoms with Crippen LogP contribution in [-0.4, -0.2) is 33.3 Å².